The summed E-state index contributed by atoms with van der Waals surface area (Å²) in [6.07, 6.45) is -0.511. The van der Waals surface area contributed by atoms with Gasteiger partial charge in [0.1, 0.15) is 0 Å². The molecule has 1 aromatic rings. The molecule has 0 spiro atoms. The normalized spacial score (nSPS) is 12.1. The second-order valence-electron chi connectivity index (χ2n) is 3.91. The van der Waals surface area contributed by atoms with Crippen LogP contribution in [0.25, 0.3) is 0 Å². The molecule has 1 aromatic carbocycles. The lowest BCUT2D eigenvalue weighted by molar-refractivity contribution is -0.119. The molecule has 17 heavy (non-hydrogen) atoms. The molecular formula is C12H17BrN2O2. The highest BCUT2D eigenvalue weighted by Crippen LogP contribution is 2.27. The minimum atomic E-state index is -0.511. The van der Waals surface area contributed by atoms with Gasteiger partial charge in [-0.15, -0.1) is 0 Å². The maximum Gasteiger partial charge on any atom is 0.239 e. The van der Waals surface area contributed by atoms with Crippen LogP contribution >= 0.6 is 15.9 Å². The van der Waals surface area contributed by atoms with Gasteiger partial charge in [-0.3, -0.25) is 4.79 Å². The number of amides is 1. The molecule has 0 aromatic heterocycles. The third-order valence-electron chi connectivity index (χ3n) is 2.53. The third-order valence-corrected chi connectivity index (χ3v) is 3.22. The van der Waals surface area contributed by atoms with Crippen molar-refractivity contribution < 1.29 is 9.90 Å². The number of aliphatic hydroxyl groups is 1. The molecule has 0 saturated heterocycles. The number of aliphatic hydroxyl groups excluding tert-OH is 1. The molecule has 0 aliphatic heterocycles. The van der Waals surface area contributed by atoms with Crippen molar-refractivity contribution in [1.82, 2.24) is 5.32 Å². The summed E-state index contributed by atoms with van der Waals surface area (Å²) in [6, 6.07) is 5.63. The Hall–Kier alpha value is -1.07. The number of carbonyl (C=O) groups excluding carboxylic acids is 1. The Morgan fingerprint density at radius 3 is 2.71 bits per heavy atom. The molecular weight excluding hydrogens is 284 g/mol. The van der Waals surface area contributed by atoms with Gasteiger partial charge in [0.25, 0.3) is 0 Å². The fraction of sp³-hybridized carbons (Fsp3) is 0.417. The number of nitrogens with zero attached hydrogens (tertiary/aromatic N) is 1. The highest BCUT2D eigenvalue weighted by atomic mass is 79.9. The Bertz CT molecular complexity index is 407. The number of anilines is 1. The Labute approximate surface area is 110 Å². The average Bonchev–Trinajstić information content (AvgIpc) is 2.28. The summed E-state index contributed by atoms with van der Waals surface area (Å²) in [7, 11) is 3.46. The minimum Gasteiger partial charge on any atom is -0.389 e. The van der Waals surface area contributed by atoms with Crippen LogP contribution in [0.15, 0.2) is 22.7 Å². The molecule has 1 atom stereocenters. The number of halogens is 1. The largest absolute Gasteiger partial charge is 0.389 e. The first kappa shape index (κ1) is 14.0. The lowest BCUT2D eigenvalue weighted by atomic mass is 10.1. The first-order chi connectivity index (χ1) is 7.95. The zero-order chi connectivity index (χ0) is 13.0. The number of likely N-dealkylation sites (N-methyl/N-ethyl adjacent to an activating group) is 2. The summed E-state index contributed by atoms with van der Waals surface area (Å²) in [4.78, 5) is 13.1. The highest BCUT2D eigenvalue weighted by molar-refractivity contribution is 9.10. The second kappa shape index (κ2) is 6.02. The van der Waals surface area contributed by atoms with E-state index in [2.05, 4.69) is 21.2 Å². The number of nitrogens with one attached hydrogen (secondary N) is 1. The van der Waals surface area contributed by atoms with Gasteiger partial charge >= 0.3 is 0 Å². The van der Waals surface area contributed by atoms with Gasteiger partial charge in [0.15, 0.2) is 0 Å². The molecule has 0 bridgehead atoms. The smallest absolute Gasteiger partial charge is 0.239 e. The summed E-state index contributed by atoms with van der Waals surface area (Å²) in [5.74, 6) is -0.0387. The standard InChI is InChI=1S/C12H17BrN2O2/c1-8(16)10-5-4-9(6-11(10)13)15(3)7-12(17)14-2/h4-6,8,16H,7H2,1-3H3,(H,14,17). The van der Waals surface area contributed by atoms with E-state index in [1.54, 1.807) is 14.0 Å². The van der Waals surface area contributed by atoms with Crippen molar-refractivity contribution in [2.75, 3.05) is 25.5 Å². The van der Waals surface area contributed by atoms with Crippen LogP contribution in [0.4, 0.5) is 5.69 Å². The van der Waals surface area contributed by atoms with Gasteiger partial charge < -0.3 is 15.3 Å². The molecule has 0 fully saturated rings. The van der Waals surface area contributed by atoms with E-state index in [1.807, 2.05) is 30.1 Å². The first-order valence-electron chi connectivity index (χ1n) is 5.35. The summed E-state index contributed by atoms with van der Waals surface area (Å²) < 4.78 is 0.841. The quantitative estimate of drug-likeness (QED) is 0.890. The van der Waals surface area contributed by atoms with Crippen LogP contribution < -0.4 is 10.2 Å². The Morgan fingerprint density at radius 2 is 2.24 bits per heavy atom. The molecule has 1 rings (SSSR count). The predicted molar refractivity (Wildman–Crippen MR) is 72.1 cm³/mol. The maximum atomic E-state index is 11.3. The van der Waals surface area contributed by atoms with E-state index in [0.717, 1.165) is 15.7 Å². The van der Waals surface area contributed by atoms with Crippen LogP contribution in [0.1, 0.15) is 18.6 Å². The average molecular weight is 301 g/mol. The van der Waals surface area contributed by atoms with E-state index in [4.69, 9.17) is 0 Å². The van der Waals surface area contributed by atoms with Crippen LogP contribution in [-0.4, -0.2) is 31.7 Å². The number of rotatable bonds is 4. The second-order valence-corrected chi connectivity index (χ2v) is 4.77. The molecule has 4 nitrogen and oxygen atoms in total. The number of carbonyl (C=O) groups is 1. The third kappa shape index (κ3) is 3.71. The van der Waals surface area contributed by atoms with Gasteiger partial charge in [-0.25, -0.2) is 0 Å². The lowest BCUT2D eigenvalue weighted by Crippen LogP contribution is -2.32. The van der Waals surface area contributed by atoms with Crippen molar-refractivity contribution in [3.05, 3.63) is 28.2 Å². The minimum absolute atomic E-state index is 0.0387. The van der Waals surface area contributed by atoms with Crippen LogP contribution in [0.2, 0.25) is 0 Å². The van der Waals surface area contributed by atoms with Crippen LogP contribution in [-0.2, 0) is 4.79 Å². The fourth-order valence-electron chi connectivity index (χ4n) is 1.48. The Kier molecular flexibility index (Phi) is 4.96. The van der Waals surface area contributed by atoms with Gasteiger partial charge in [0.2, 0.25) is 5.91 Å². The van der Waals surface area contributed by atoms with Crippen molar-refractivity contribution in [3.63, 3.8) is 0 Å². The Balaban J connectivity index is 2.86. The first-order valence-corrected chi connectivity index (χ1v) is 6.14. The van der Waals surface area contributed by atoms with E-state index in [9.17, 15) is 9.90 Å². The summed E-state index contributed by atoms with van der Waals surface area (Å²) >= 11 is 3.41. The summed E-state index contributed by atoms with van der Waals surface area (Å²) in [6.45, 7) is 2.02. The molecule has 0 aliphatic rings. The van der Waals surface area contributed by atoms with Crippen molar-refractivity contribution in [2.24, 2.45) is 0 Å². The van der Waals surface area contributed by atoms with Gasteiger partial charge in [-0.1, -0.05) is 22.0 Å². The van der Waals surface area contributed by atoms with Crippen molar-refractivity contribution in [3.8, 4) is 0 Å². The van der Waals surface area contributed by atoms with Gasteiger partial charge in [-0.2, -0.15) is 0 Å². The molecule has 2 N–H and O–H groups in total. The molecule has 94 valence electrons. The van der Waals surface area contributed by atoms with Crippen molar-refractivity contribution in [2.45, 2.75) is 13.0 Å². The topological polar surface area (TPSA) is 52.6 Å². The van der Waals surface area contributed by atoms with Gasteiger partial charge in [-0.05, 0) is 24.6 Å². The SMILES string of the molecule is CNC(=O)CN(C)c1ccc(C(C)O)c(Br)c1. The van der Waals surface area contributed by atoms with Gasteiger partial charge in [0.05, 0.1) is 12.6 Å². The molecule has 0 heterocycles. The van der Waals surface area contributed by atoms with E-state index in [0.29, 0.717) is 6.54 Å². The monoisotopic (exact) mass is 300 g/mol. The zero-order valence-electron chi connectivity index (χ0n) is 10.2. The van der Waals surface area contributed by atoms with E-state index < -0.39 is 6.10 Å². The van der Waals surface area contributed by atoms with Gasteiger partial charge in [0, 0.05) is 24.3 Å². The number of benzene rings is 1. The van der Waals surface area contributed by atoms with Crippen molar-refractivity contribution >= 4 is 27.5 Å². The van der Waals surface area contributed by atoms with Crippen LogP contribution in [0.3, 0.4) is 0 Å². The maximum absolute atomic E-state index is 11.3. The number of hydrogen-bond donors (Lipinski definition) is 2. The van der Waals surface area contributed by atoms with E-state index >= 15 is 0 Å². The lowest BCUT2D eigenvalue weighted by Gasteiger charge is -2.19. The number of hydrogen-bond acceptors (Lipinski definition) is 3. The van der Waals surface area contributed by atoms with Crippen molar-refractivity contribution in [1.29, 1.82) is 0 Å². The Morgan fingerprint density at radius 1 is 1.59 bits per heavy atom. The molecule has 0 saturated carbocycles. The summed E-state index contributed by atoms with van der Waals surface area (Å²) in [5, 5.41) is 12.1. The summed E-state index contributed by atoms with van der Waals surface area (Å²) in [5.41, 5.74) is 1.76. The molecule has 1 amide bonds. The zero-order valence-corrected chi connectivity index (χ0v) is 11.8. The highest BCUT2D eigenvalue weighted by Gasteiger charge is 2.10. The molecule has 1 unspecified atom stereocenters. The van der Waals surface area contributed by atoms with Crippen LogP contribution in [0, 0.1) is 0 Å². The predicted octanol–water partition coefficient (Wildman–Crippen LogP) is 1.68. The molecule has 0 aliphatic carbocycles. The van der Waals surface area contributed by atoms with E-state index in [-0.39, 0.29) is 5.91 Å². The fourth-order valence-corrected chi connectivity index (χ4v) is 2.18. The molecule has 5 heteroatoms. The molecule has 0 radical (unpaired) electrons. The van der Waals surface area contributed by atoms with E-state index in [1.165, 1.54) is 0 Å². The van der Waals surface area contributed by atoms with Crippen LogP contribution in [0.5, 0.6) is 0 Å².